The summed E-state index contributed by atoms with van der Waals surface area (Å²) in [7, 11) is 1.59. The van der Waals surface area contributed by atoms with Crippen molar-refractivity contribution >= 4 is 0 Å². The molecule has 5 nitrogen and oxygen atoms in total. The molecule has 0 fully saturated rings. The molecule has 16 heavy (non-hydrogen) atoms. The molecule has 0 saturated heterocycles. The van der Waals surface area contributed by atoms with Crippen molar-refractivity contribution in [2.45, 2.75) is 6.42 Å². The Balaban J connectivity index is 2.27. The van der Waals surface area contributed by atoms with Crippen LogP contribution in [0.2, 0.25) is 0 Å². The van der Waals surface area contributed by atoms with Gasteiger partial charge in [-0.05, 0) is 24.6 Å². The van der Waals surface area contributed by atoms with Gasteiger partial charge in [-0.2, -0.15) is 10.1 Å². The first-order chi connectivity index (χ1) is 7.83. The van der Waals surface area contributed by atoms with Crippen molar-refractivity contribution in [3.63, 3.8) is 0 Å². The minimum Gasteiger partial charge on any atom is -0.481 e. The molecule has 0 amide bonds. The molecule has 0 atom stereocenters. The third-order valence-corrected chi connectivity index (χ3v) is 2.22. The van der Waals surface area contributed by atoms with Gasteiger partial charge in [0.25, 0.3) is 0 Å². The Bertz CT molecular complexity index is 467. The number of ether oxygens (including phenoxy) is 1. The maximum absolute atomic E-state index is 5.48. The van der Waals surface area contributed by atoms with E-state index in [-0.39, 0.29) is 0 Å². The summed E-state index contributed by atoms with van der Waals surface area (Å²) in [4.78, 5) is 4.28. The molecular formula is C11H14N4O. The predicted molar refractivity (Wildman–Crippen MR) is 60.7 cm³/mol. The first-order valence-electron chi connectivity index (χ1n) is 5.08. The Hall–Kier alpha value is -1.88. The summed E-state index contributed by atoms with van der Waals surface area (Å²) < 4.78 is 6.77. The van der Waals surface area contributed by atoms with Gasteiger partial charge in [-0.3, -0.25) is 0 Å². The van der Waals surface area contributed by atoms with Crippen molar-refractivity contribution in [1.82, 2.24) is 14.8 Å². The molecule has 0 radical (unpaired) electrons. The van der Waals surface area contributed by atoms with Crippen molar-refractivity contribution in [3.05, 3.63) is 36.2 Å². The van der Waals surface area contributed by atoms with Gasteiger partial charge in [-0.1, -0.05) is 6.07 Å². The van der Waals surface area contributed by atoms with Gasteiger partial charge in [0, 0.05) is 12.3 Å². The summed E-state index contributed by atoms with van der Waals surface area (Å²) >= 11 is 0. The van der Waals surface area contributed by atoms with E-state index in [4.69, 9.17) is 10.5 Å². The molecule has 2 N–H and O–H groups in total. The largest absolute Gasteiger partial charge is 0.481 e. The highest BCUT2D eigenvalue weighted by Crippen LogP contribution is 2.11. The van der Waals surface area contributed by atoms with Crippen molar-refractivity contribution < 1.29 is 4.74 Å². The van der Waals surface area contributed by atoms with E-state index >= 15 is 0 Å². The standard InChI is InChI=1S/C11H14N4O/c1-16-11-4-2-3-10(14-11)15-8-9(5-6-12)7-13-15/h2-4,7-8H,5-6,12H2,1H3. The SMILES string of the molecule is COc1cccc(-n2cc(CCN)cn2)n1. The number of hydrogen-bond donors (Lipinski definition) is 1. The molecule has 0 unspecified atom stereocenters. The summed E-state index contributed by atoms with van der Waals surface area (Å²) in [5.74, 6) is 1.32. The average Bonchev–Trinajstić information content (AvgIpc) is 2.78. The lowest BCUT2D eigenvalue weighted by Crippen LogP contribution is -2.02. The van der Waals surface area contributed by atoms with Crippen molar-refractivity contribution in [1.29, 1.82) is 0 Å². The topological polar surface area (TPSA) is 66.0 Å². The van der Waals surface area contributed by atoms with Crippen molar-refractivity contribution in [3.8, 4) is 11.7 Å². The van der Waals surface area contributed by atoms with Gasteiger partial charge in [0.1, 0.15) is 0 Å². The highest BCUT2D eigenvalue weighted by atomic mass is 16.5. The predicted octanol–water partition coefficient (Wildman–Crippen LogP) is 0.777. The maximum atomic E-state index is 5.48. The van der Waals surface area contributed by atoms with Crippen molar-refractivity contribution in [2.75, 3.05) is 13.7 Å². The number of nitrogens with two attached hydrogens (primary N) is 1. The Morgan fingerprint density at radius 3 is 3.06 bits per heavy atom. The number of hydrogen-bond acceptors (Lipinski definition) is 4. The summed E-state index contributed by atoms with van der Waals surface area (Å²) in [5, 5.41) is 4.22. The number of pyridine rings is 1. The van der Waals surface area contributed by atoms with Gasteiger partial charge >= 0.3 is 0 Å². The third-order valence-electron chi connectivity index (χ3n) is 2.22. The molecule has 0 saturated carbocycles. The molecule has 0 bridgehead atoms. The molecule has 0 aliphatic rings. The van der Waals surface area contributed by atoms with Crippen LogP contribution in [0.5, 0.6) is 5.88 Å². The van der Waals surface area contributed by atoms with E-state index in [2.05, 4.69) is 10.1 Å². The molecule has 2 aromatic heterocycles. The zero-order valence-electron chi connectivity index (χ0n) is 9.13. The Morgan fingerprint density at radius 1 is 1.44 bits per heavy atom. The van der Waals surface area contributed by atoms with Gasteiger partial charge in [-0.15, -0.1) is 0 Å². The van der Waals surface area contributed by atoms with Crippen LogP contribution in [-0.4, -0.2) is 28.4 Å². The minimum atomic E-state index is 0.577. The molecule has 5 heteroatoms. The van der Waals surface area contributed by atoms with Gasteiger partial charge in [-0.25, -0.2) is 4.68 Å². The van der Waals surface area contributed by atoms with E-state index in [1.807, 2.05) is 18.3 Å². The molecule has 0 spiro atoms. The van der Waals surface area contributed by atoms with Gasteiger partial charge in [0.2, 0.25) is 5.88 Å². The quantitative estimate of drug-likeness (QED) is 0.823. The summed E-state index contributed by atoms with van der Waals surface area (Å²) in [5.41, 5.74) is 6.59. The summed E-state index contributed by atoms with van der Waals surface area (Å²) in [6, 6.07) is 5.56. The molecule has 0 aromatic carbocycles. The van der Waals surface area contributed by atoms with Crippen LogP contribution in [0.4, 0.5) is 0 Å². The number of methoxy groups -OCH3 is 1. The second kappa shape index (κ2) is 4.76. The molecular weight excluding hydrogens is 204 g/mol. The monoisotopic (exact) mass is 218 g/mol. The molecule has 84 valence electrons. The molecule has 2 rings (SSSR count). The summed E-state index contributed by atoms with van der Waals surface area (Å²) in [6.07, 6.45) is 4.55. The van der Waals surface area contributed by atoms with Crippen LogP contribution in [0.3, 0.4) is 0 Å². The fourth-order valence-electron chi connectivity index (χ4n) is 1.43. The average molecular weight is 218 g/mol. The Labute approximate surface area is 93.9 Å². The highest BCUT2D eigenvalue weighted by Gasteiger charge is 2.02. The molecule has 0 aliphatic heterocycles. The first-order valence-corrected chi connectivity index (χ1v) is 5.08. The molecule has 2 heterocycles. The van der Waals surface area contributed by atoms with Crippen LogP contribution in [0.1, 0.15) is 5.56 Å². The minimum absolute atomic E-state index is 0.577. The molecule has 0 aliphatic carbocycles. The Morgan fingerprint density at radius 2 is 2.31 bits per heavy atom. The van der Waals surface area contributed by atoms with E-state index in [1.165, 1.54) is 0 Å². The van der Waals surface area contributed by atoms with E-state index in [9.17, 15) is 0 Å². The van der Waals surface area contributed by atoms with Crippen LogP contribution in [0.25, 0.3) is 5.82 Å². The Kier molecular flexibility index (Phi) is 3.16. The third kappa shape index (κ3) is 2.20. The van der Waals surface area contributed by atoms with E-state index in [0.717, 1.165) is 17.8 Å². The fourth-order valence-corrected chi connectivity index (χ4v) is 1.43. The molecule has 2 aromatic rings. The normalized spacial score (nSPS) is 10.4. The first kappa shape index (κ1) is 10.6. The van der Waals surface area contributed by atoms with Gasteiger partial charge < -0.3 is 10.5 Å². The van der Waals surface area contributed by atoms with Crippen LogP contribution >= 0.6 is 0 Å². The lowest BCUT2D eigenvalue weighted by atomic mass is 10.3. The van der Waals surface area contributed by atoms with Gasteiger partial charge in [0.15, 0.2) is 5.82 Å². The van der Waals surface area contributed by atoms with Crippen LogP contribution in [0.15, 0.2) is 30.6 Å². The second-order valence-corrected chi connectivity index (χ2v) is 3.37. The lowest BCUT2D eigenvalue weighted by molar-refractivity contribution is 0.397. The summed E-state index contributed by atoms with van der Waals surface area (Å²) in [6.45, 7) is 0.622. The van der Waals surface area contributed by atoms with Crippen LogP contribution < -0.4 is 10.5 Å². The van der Waals surface area contributed by atoms with E-state index < -0.39 is 0 Å². The van der Waals surface area contributed by atoms with Gasteiger partial charge in [0.05, 0.1) is 13.3 Å². The highest BCUT2D eigenvalue weighted by molar-refractivity contribution is 5.27. The number of rotatable bonds is 4. The van der Waals surface area contributed by atoms with Crippen LogP contribution in [0, 0.1) is 0 Å². The van der Waals surface area contributed by atoms with Crippen LogP contribution in [-0.2, 0) is 6.42 Å². The lowest BCUT2D eigenvalue weighted by Gasteiger charge is -2.02. The van der Waals surface area contributed by atoms with E-state index in [0.29, 0.717) is 12.4 Å². The zero-order chi connectivity index (χ0) is 11.4. The fraction of sp³-hybridized carbons (Fsp3) is 0.273. The van der Waals surface area contributed by atoms with E-state index in [1.54, 1.807) is 24.1 Å². The number of nitrogens with zero attached hydrogens (tertiary/aromatic N) is 3. The smallest absolute Gasteiger partial charge is 0.214 e. The zero-order valence-corrected chi connectivity index (χ0v) is 9.13. The number of aromatic nitrogens is 3. The second-order valence-electron chi connectivity index (χ2n) is 3.37. The maximum Gasteiger partial charge on any atom is 0.214 e. The van der Waals surface area contributed by atoms with Crippen molar-refractivity contribution in [2.24, 2.45) is 5.73 Å².